The largest absolute Gasteiger partial charge is 0.390 e. The molecule has 0 amide bonds. The van der Waals surface area contributed by atoms with Gasteiger partial charge in [0.25, 0.3) is 0 Å². The van der Waals surface area contributed by atoms with Gasteiger partial charge in [-0.15, -0.1) is 0 Å². The third-order valence-corrected chi connectivity index (χ3v) is 3.32. The molecule has 1 saturated carbocycles. The number of ketones is 1. The van der Waals surface area contributed by atoms with Gasteiger partial charge in [0.15, 0.2) is 5.78 Å². The van der Waals surface area contributed by atoms with Crippen molar-refractivity contribution in [3.63, 3.8) is 0 Å². The Morgan fingerprint density at radius 3 is 2.53 bits per heavy atom. The van der Waals surface area contributed by atoms with Gasteiger partial charge in [0.05, 0.1) is 12.1 Å². The van der Waals surface area contributed by atoms with Crippen LogP contribution in [0.25, 0.3) is 0 Å². The van der Waals surface area contributed by atoms with Crippen molar-refractivity contribution in [1.82, 2.24) is 5.32 Å². The number of nitrogens with one attached hydrogen (secondary N) is 1. The first-order chi connectivity index (χ1) is 8.13. The lowest BCUT2D eigenvalue weighted by atomic mass is 10.0. The highest BCUT2D eigenvalue weighted by Crippen LogP contribution is 2.39. The monoisotopic (exact) mass is 233 g/mol. The summed E-state index contributed by atoms with van der Waals surface area (Å²) in [6, 6.07) is 7.70. The lowest BCUT2D eigenvalue weighted by Gasteiger charge is -2.07. The molecule has 1 aromatic carbocycles. The van der Waals surface area contributed by atoms with E-state index in [1.54, 1.807) is 7.05 Å². The number of hydrogen-bond donors (Lipinski definition) is 2. The molecule has 0 aliphatic heterocycles. The van der Waals surface area contributed by atoms with Gasteiger partial charge in [-0.2, -0.15) is 0 Å². The Bertz CT molecular complexity index is 393. The Kier molecular flexibility index (Phi) is 3.60. The van der Waals surface area contributed by atoms with Gasteiger partial charge in [0.2, 0.25) is 0 Å². The summed E-state index contributed by atoms with van der Waals surface area (Å²) in [4.78, 5) is 11.6. The van der Waals surface area contributed by atoms with E-state index in [1.807, 2.05) is 24.3 Å². The van der Waals surface area contributed by atoms with E-state index in [9.17, 15) is 9.90 Å². The molecule has 3 heteroatoms. The van der Waals surface area contributed by atoms with E-state index < -0.39 is 0 Å². The third kappa shape index (κ3) is 3.38. The van der Waals surface area contributed by atoms with Crippen LogP contribution in [0.1, 0.15) is 35.2 Å². The van der Waals surface area contributed by atoms with Gasteiger partial charge in [0.1, 0.15) is 0 Å². The number of carbonyl (C=O) groups excluding carboxylic acids is 1. The zero-order valence-electron chi connectivity index (χ0n) is 10.2. The van der Waals surface area contributed by atoms with Crippen LogP contribution >= 0.6 is 0 Å². The van der Waals surface area contributed by atoms with E-state index in [0.717, 1.165) is 31.2 Å². The number of aliphatic hydroxyl groups is 1. The van der Waals surface area contributed by atoms with Gasteiger partial charge < -0.3 is 10.4 Å². The fourth-order valence-corrected chi connectivity index (χ4v) is 1.89. The maximum absolute atomic E-state index is 11.6. The normalized spacial score (nSPS) is 16.8. The van der Waals surface area contributed by atoms with Crippen molar-refractivity contribution in [1.29, 1.82) is 0 Å². The second kappa shape index (κ2) is 4.98. The van der Waals surface area contributed by atoms with Crippen molar-refractivity contribution in [2.45, 2.75) is 31.3 Å². The van der Waals surface area contributed by atoms with Crippen LogP contribution in [-0.2, 0) is 6.42 Å². The van der Waals surface area contributed by atoms with Gasteiger partial charge >= 0.3 is 0 Å². The molecular formula is C14H19NO2. The van der Waals surface area contributed by atoms with Gasteiger partial charge in [-0.05, 0) is 38.3 Å². The second-order valence-electron chi connectivity index (χ2n) is 4.87. The molecule has 2 N–H and O–H groups in total. The van der Waals surface area contributed by atoms with Crippen molar-refractivity contribution in [3.05, 3.63) is 35.4 Å². The zero-order chi connectivity index (χ0) is 12.3. The summed E-state index contributed by atoms with van der Waals surface area (Å²) in [6.07, 6.45) is 3.59. The first-order valence-corrected chi connectivity index (χ1v) is 6.12. The molecular weight excluding hydrogens is 214 g/mol. The van der Waals surface area contributed by atoms with Gasteiger partial charge in [-0.25, -0.2) is 0 Å². The molecule has 0 bridgehead atoms. The van der Waals surface area contributed by atoms with E-state index in [0.29, 0.717) is 6.54 Å². The highest BCUT2D eigenvalue weighted by Gasteiger charge is 2.39. The minimum absolute atomic E-state index is 0.111. The van der Waals surface area contributed by atoms with Crippen molar-refractivity contribution in [3.8, 4) is 0 Å². The summed E-state index contributed by atoms with van der Waals surface area (Å²) < 4.78 is 0. The summed E-state index contributed by atoms with van der Waals surface area (Å²) in [6.45, 7) is 0.374. The number of rotatable bonds is 6. The molecule has 0 atom stereocenters. The summed E-state index contributed by atoms with van der Waals surface area (Å²) in [7, 11) is 1.77. The van der Waals surface area contributed by atoms with Crippen LogP contribution in [0.2, 0.25) is 0 Å². The zero-order valence-corrected chi connectivity index (χ0v) is 10.2. The Morgan fingerprint density at radius 2 is 2.00 bits per heavy atom. The molecule has 0 spiro atoms. The highest BCUT2D eigenvalue weighted by molar-refractivity contribution is 5.97. The van der Waals surface area contributed by atoms with Gasteiger partial charge in [-0.3, -0.25) is 4.79 Å². The molecule has 1 aliphatic carbocycles. The predicted molar refractivity (Wildman–Crippen MR) is 67.2 cm³/mol. The van der Waals surface area contributed by atoms with Gasteiger partial charge in [-0.1, -0.05) is 24.3 Å². The van der Waals surface area contributed by atoms with Gasteiger partial charge in [0, 0.05) is 5.56 Å². The molecule has 1 aromatic rings. The molecule has 1 aliphatic rings. The smallest absolute Gasteiger partial charge is 0.176 e. The number of likely N-dealkylation sites (N-methyl/N-ethyl adjacent to an activating group) is 1. The quantitative estimate of drug-likeness (QED) is 0.733. The minimum Gasteiger partial charge on any atom is -0.390 e. The molecule has 0 unspecified atom stereocenters. The van der Waals surface area contributed by atoms with E-state index in [2.05, 4.69) is 5.32 Å². The fourth-order valence-electron chi connectivity index (χ4n) is 1.89. The molecule has 0 heterocycles. The highest BCUT2D eigenvalue weighted by atomic mass is 16.3. The van der Waals surface area contributed by atoms with E-state index in [4.69, 9.17) is 0 Å². The Hall–Kier alpha value is -1.19. The van der Waals surface area contributed by atoms with Crippen LogP contribution in [0.5, 0.6) is 0 Å². The van der Waals surface area contributed by atoms with E-state index >= 15 is 0 Å². The molecule has 3 nitrogen and oxygen atoms in total. The Labute approximate surface area is 102 Å². The maximum Gasteiger partial charge on any atom is 0.176 e. The predicted octanol–water partition coefficient (Wildman–Crippen LogP) is 1.55. The first-order valence-electron chi connectivity index (χ1n) is 6.12. The number of carbonyl (C=O) groups is 1. The summed E-state index contributed by atoms with van der Waals surface area (Å²) in [5.41, 5.74) is 1.54. The van der Waals surface area contributed by atoms with Crippen LogP contribution in [0.4, 0.5) is 0 Å². The van der Waals surface area contributed by atoms with Crippen molar-refractivity contribution in [2.24, 2.45) is 0 Å². The van der Waals surface area contributed by atoms with Crippen LogP contribution in [0.15, 0.2) is 24.3 Å². The molecule has 0 aromatic heterocycles. The average Bonchev–Trinajstić information content (AvgIpc) is 3.06. The summed E-state index contributed by atoms with van der Waals surface area (Å²) in [5, 5.41) is 12.6. The van der Waals surface area contributed by atoms with Crippen LogP contribution < -0.4 is 5.32 Å². The first kappa shape index (κ1) is 12.3. The standard InChI is InChI=1S/C14H19NO2/c1-15-10-13(16)12-4-2-11(3-5-12)6-7-14(17)8-9-14/h2-5,15,17H,6-10H2,1H3. The maximum atomic E-state index is 11.6. The number of hydrogen-bond acceptors (Lipinski definition) is 3. The molecule has 92 valence electrons. The fraction of sp³-hybridized carbons (Fsp3) is 0.500. The average molecular weight is 233 g/mol. The Morgan fingerprint density at radius 1 is 1.35 bits per heavy atom. The van der Waals surface area contributed by atoms with Crippen molar-refractivity contribution in [2.75, 3.05) is 13.6 Å². The molecule has 0 saturated heterocycles. The minimum atomic E-state index is -0.388. The Balaban J connectivity index is 1.90. The van der Waals surface area contributed by atoms with E-state index in [-0.39, 0.29) is 11.4 Å². The molecule has 2 rings (SSSR count). The third-order valence-electron chi connectivity index (χ3n) is 3.32. The number of aryl methyl sites for hydroxylation is 1. The van der Waals surface area contributed by atoms with Crippen LogP contribution in [0.3, 0.4) is 0 Å². The molecule has 17 heavy (non-hydrogen) atoms. The van der Waals surface area contributed by atoms with Crippen molar-refractivity contribution >= 4 is 5.78 Å². The lowest BCUT2D eigenvalue weighted by molar-refractivity contribution is 0.0993. The van der Waals surface area contributed by atoms with Crippen LogP contribution in [0, 0.1) is 0 Å². The topological polar surface area (TPSA) is 49.3 Å². The summed E-state index contributed by atoms with van der Waals surface area (Å²) in [5.74, 6) is 0.111. The second-order valence-corrected chi connectivity index (χ2v) is 4.87. The SMILES string of the molecule is CNCC(=O)c1ccc(CCC2(O)CC2)cc1. The van der Waals surface area contributed by atoms with Crippen LogP contribution in [-0.4, -0.2) is 30.1 Å². The molecule has 0 radical (unpaired) electrons. The number of Topliss-reactive ketones (excluding diaryl/α,β-unsaturated/α-hetero) is 1. The van der Waals surface area contributed by atoms with Crippen molar-refractivity contribution < 1.29 is 9.90 Å². The number of benzene rings is 1. The molecule has 1 fully saturated rings. The van der Waals surface area contributed by atoms with E-state index in [1.165, 1.54) is 5.56 Å². The lowest BCUT2D eigenvalue weighted by Crippen LogP contribution is -2.18. The summed E-state index contributed by atoms with van der Waals surface area (Å²) >= 11 is 0.